The summed E-state index contributed by atoms with van der Waals surface area (Å²) in [5.41, 5.74) is 7.44. The molecule has 2 N–H and O–H groups in total. The third kappa shape index (κ3) is 4.03. The van der Waals surface area contributed by atoms with E-state index in [0.29, 0.717) is 27.7 Å². The number of benzene rings is 1. The van der Waals surface area contributed by atoms with Crippen LogP contribution in [0.15, 0.2) is 12.1 Å². The standard InChI is InChI=1S/C16H24Cl2N2/c1-11(2)9-20(13-5-3-4-6-13)10-12-7-14(17)16(19)15(18)8-12/h7-8,11,13H,3-6,9-10,19H2,1-2H3. The van der Waals surface area contributed by atoms with E-state index in [4.69, 9.17) is 28.9 Å². The van der Waals surface area contributed by atoms with Crippen LogP contribution in [0.1, 0.15) is 45.1 Å². The number of rotatable bonds is 5. The zero-order chi connectivity index (χ0) is 14.7. The van der Waals surface area contributed by atoms with Gasteiger partial charge in [-0.25, -0.2) is 0 Å². The maximum absolute atomic E-state index is 6.14. The fraction of sp³-hybridized carbons (Fsp3) is 0.625. The van der Waals surface area contributed by atoms with Crippen LogP contribution >= 0.6 is 23.2 Å². The van der Waals surface area contributed by atoms with Crippen LogP contribution in [-0.2, 0) is 6.54 Å². The molecule has 0 heterocycles. The Morgan fingerprint density at radius 1 is 1.20 bits per heavy atom. The van der Waals surface area contributed by atoms with Crippen molar-refractivity contribution in [2.24, 2.45) is 5.92 Å². The highest BCUT2D eigenvalue weighted by molar-refractivity contribution is 6.38. The number of nitrogen functional groups attached to an aromatic ring is 1. The molecule has 0 aliphatic heterocycles. The largest absolute Gasteiger partial charge is 0.396 e. The van der Waals surface area contributed by atoms with Crippen molar-refractivity contribution in [2.75, 3.05) is 12.3 Å². The Balaban J connectivity index is 2.14. The summed E-state index contributed by atoms with van der Waals surface area (Å²) in [7, 11) is 0. The SMILES string of the molecule is CC(C)CN(Cc1cc(Cl)c(N)c(Cl)c1)C1CCCC1. The van der Waals surface area contributed by atoms with Gasteiger partial charge >= 0.3 is 0 Å². The predicted octanol–water partition coefficient (Wildman–Crippen LogP) is 4.98. The average Bonchev–Trinajstić information content (AvgIpc) is 2.88. The number of nitrogens with two attached hydrogens (primary N) is 1. The molecular formula is C16H24Cl2N2. The first-order valence-electron chi connectivity index (χ1n) is 7.44. The fourth-order valence-corrected chi connectivity index (χ4v) is 3.58. The third-order valence-corrected chi connectivity index (χ3v) is 4.59. The average molecular weight is 315 g/mol. The number of hydrogen-bond donors (Lipinski definition) is 1. The Hall–Kier alpha value is -0.440. The lowest BCUT2D eigenvalue weighted by Crippen LogP contribution is -2.35. The van der Waals surface area contributed by atoms with Crippen molar-refractivity contribution >= 4 is 28.9 Å². The van der Waals surface area contributed by atoms with E-state index in [0.717, 1.165) is 18.7 Å². The van der Waals surface area contributed by atoms with Crippen molar-refractivity contribution < 1.29 is 0 Å². The van der Waals surface area contributed by atoms with E-state index in [9.17, 15) is 0 Å². The van der Waals surface area contributed by atoms with Gasteiger partial charge in [0, 0.05) is 19.1 Å². The quantitative estimate of drug-likeness (QED) is 0.777. The summed E-state index contributed by atoms with van der Waals surface area (Å²) >= 11 is 12.3. The molecule has 4 heteroatoms. The molecule has 1 aliphatic carbocycles. The van der Waals surface area contributed by atoms with Crippen LogP contribution in [0.2, 0.25) is 10.0 Å². The normalized spacial score (nSPS) is 16.5. The van der Waals surface area contributed by atoms with E-state index in [2.05, 4.69) is 18.7 Å². The minimum absolute atomic E-state index is 0.480. The van der Waals surface area contributed by atoms with Crippen LogP contribution < -0.4 is 5.73 Å². The maximum Gasteiger partial charge on any atom is 0.0693 e. The third-order valence-electron chi connectivity index (χ3n) is 3.97. The summed E-state index contributed by atoms with van der Waals surface area (Å²) in [5, 5.41) is 1.12. The number of anilines is 1. The number of hydrogen-bond acceptors (Lipinski definition) is 2. The lowest BCUT2D eigenvalue weighted by molar-refractivity contribution is 0.168. The summed E-state index contributed by atoms with van der Waals surface area (Å²) in [6.07, 6.45) is 5.32. The van der Waals surface area contributed by atoms with Gasteiger partial charge in [-0.1, -0.05) is 49.9 Å². The molecule has 1 aliphatic rings. The molecule has 1 fully saturated rings. The Morgan fingerprint density at radius 2 is 1.75 bits per heavy atom. The smallest absolute Gasteiger partial charge is 0.0693 e. The van der Waals surface area contributed by atoms with Gasteiger partial charge in [-0.3, -0.25) is 4.90 Å². The second-order valence-corrected chi connectivity index (χ2v) is 7.05. The highest BCUT2D eigenvalue weighted by Gasteiger charge is 2.23. The second kappa shape index (κ2) is 7.02. The van der Waals surface area contributed by atoms with Crippen molar-refractivity contribution in [3.63, 3.8) is 0 Å². The van der Waals surface area contributed by atoms with E-state index < -0.39 is 0 Å². The summed E-state index contributed by atoms with van der Waals surface area (Å²) in [6, 6.07) is 4.60. The Bertz CT molecular complexity index is 431. The van der Waals surface area contributed by atoms with E-state index >= 15 is 0 Å². The molecule has 0 aromatic heterocycles. The van der Waals surface area contributed by atoms with Crippen LogP contribution in [0, 0.1) is 5.92 Å². The predicted molar refractivity (Wildman–Crippen MR) is 88.4 cm³/mol. The van der Waals surface area contributed by atoms with Crippen molar-refractivity contribution in [1.82, 2.24) is 4.90 Å². The summed E-state index contributed by atoms with van der Waals surface area (Å²) < 4.78 is 0. The van der Waals surface area contributed by atoms with Crippen LogP contribution in [-0.4, -0.2) is 17.5 Å². The van der Waals surface area contributed by atoms with Gasteiger partial charge in [0.05, 0.1) is 15.7 Å². The molecule has 0 atom stereocenters. The first-order chi connectivity index (χ1) is 9.47. The van der Waals surface area contributed by atoms with Gasteiger partial charge in [0.15, 0.2) is 0 Å². The topological polar surface area (TPSA) is 29.3 Å². The molecule has 0 bridgehead atoms. The molecule has 0 amide bonds. The van der Waals surface area contributed by atoms with Crippen LogP contribution in [0.5, 0.6) is 0 Å². The Labute approximate surface area is 132 Å². The summed E-state index contributed by atoms with van der Waals surface area (Å²) in [6.45, 7) is 6.56. The minimum atomic E-state index is 0.480. The maximum atomic E-state index is 6.14. The molecule has 0 saturated heterocycles. The molecule has 0 spiro atoms. The first-order valence-corrected chi connectivity index (χ1v) is 8.20. The molecule has 1 aromatic rings. The Kier molecular flexibility index (Phi) is 5.59. The molecule has 112 valence electrons. The zero-order valence-corrected chi connectivity index (χ0v) is 13.8. The molecule has 1 aromatic carbocycles. The van der Waals surface area contributed by atoms with Crippen molar-refractivity contribution in [1.29, 1.82) is 0 Å². The van der Waals surface area contributed by atoms with E-state index in [1.165, 1.54) is 25.7 Å². The van der Waals surface area contributed by atoms with Crippen molar-refractivity contribution in [3.05, 3.63) is 27.7 Å². The molecule has 20 heavy (non-hydrogen) atoms. The highest BCUT2D eigenvalue weighted by atomic mass is 35.5. The van der Waals surface area contributed by atoms with Gasteiger partial charge in [0.25, 0.3) is 0 Å². The number of nitrogens with zero attached hydrogens (tertiary/aromatic N) is 1. The lowest BCUT2D eigenvalue weighted by atomic mass is 10.1. The minimum Gasteiger partial charge on any atom is -0.396 e. The van der Waals surface area contributed by atoms with Gasteiger partial charge in [0.2, 0.25) is 0 Å². The van der Waals surface area contributed by atoms with Crippen molar-refractivity contribution in [3.8, 4) is 0 Å². The van der Waals surface area contributed by atoms with Crippen LogP contribution in [0.3, 0.4) is 0 Å². The van der Waals surface area contributed by atoms with Crippen molar-refractivity contribution in [2.45, 2.75) is 52.1 Å². The first kappa shape index (κ1) is 15.9. The van der Waals surface area contributed by atoms with E-state index in [-0.39, 0.29) is 0 Å². The molecular weight excluding hydrogens is 291 g/mol. The molecule has 0 radical (unpaired) electrons. The summed E-state index contributed by atoms with van der Waals surface area (Å²) in [5.74, 6) is 0.662. The second-order valence-electron chi connectivity index (χ2n) is 6.23. The number of halogens is 2. The molecule has 1 saturated carbocycles. The monoisotopic (exact) mass is 314 g/mol. The zero-order valence-electron chi connectivity index (χ0n) is 12.3. The van der Waals surface area contributed by atoms with E-state index in [1.54, 1.807) is 0 Å². The molecule has 2 nitrogen and oxygen atoms in total. The summed E-state index contributed by atoms with van der Waals surface area (Å²) in [4.78, 5) is 2.58. The molecule has 0 unspecified atom stereocenters. The van der Waals surface area contributed by atoms with Gasteiger partial charge < -0.3 is 5.73 Å². The fourth-order valence-electron chi connectivity index (χ4n) is 3.04. The highest BCUT2D eigenvalue weighted by Crippen LogP contribution is 2.31. The van der Waals surface area contributed by atoms with Gasteiger partial charge in [-0.15, -0.1) is 0 Å². The van der Waals surface area contributed by atoms with Gasteiger partial charge in [-0.05, 0) is 36.5 Å². The van der Waals surface area contributed by atoms with Gasteiger partial charge in [0.1, 0.15) is 0 Å². The van der Waals surface area contributed by atoms with Crippen LogP contribution in [0.25, 0.3) is 0 Å². The van der Waals surface area contributed by atoms with Crippen LogP contribution in [0.4, 0.5) is 5.69 Å². The Morgan fingerprint density at radius 3 is 2.25 bits per heavy atom. The molecule has 2 rings (SSSR count). The van der Waals surface area contributed by atoms with Gasteiger partial charge in [-0.2, -0.15) is 0 Å². The van der Waals surface area contributed by atoms with E-state index in [1.807, 2.05) is 12.1 Å². The lowest BCUT2D eigenvalue weighted by Gasteiger charge is -2.30.